The highest BCUT2D eigenvalue weighted by Gasteiger charge is 2.35. The minimum absolute atomic E-state index is 0.0489. The third-order valence-corrected chi connectivity index (χ3v) is 14.1. The number of unbranched alkanes of at least 4 members (excludes halogenated alkanes) is 8. The molecule has 2 N–H and O–H groups in total. The molecule has 8 rings (SSSR count). The average molecular weight is 958 g/mol. The first kappa shape index (κ1) is 56.0. The standard InChI is InChI=1S/C48H49N5O2.2C7H16.C2H6/c1-31-19-20-39(29-42(31)49-34(4)44-17-11-27-52(44)47(54)32(2)35-13-7-5-8-14-35)37-21-23-38(24-22-37)40-25-26-41-43(30-40)51-46(50-41)45-18-12-28-53(45)48(55)33(3)36-15-9-6-10-16-36;2*1-3-5-7-6-4-2;1-2/h5-10,13-16,19-26,29-30,32-33,44-45,49H,4,11-12,17-18,27-28H2,1-3H3,(H,50,51);2*3-7H2,1-2H3;1-2H3/t32?,33-,44?,45+;;;/m1.../s1. The van der Waals surface area contributed by atoms with Gasteiger partial charge in [-0.3, -0.25) is 9.59 Å². The minimum atomic E-state index is -0.198. The van der Waals surface area contributed by atoms with Gasteiger partial charge in [0, 0.05) is 24.5 Å². The van der Waals surface area contributed by atoms with Gasteiger partial charge >= 0.3 is 0 Å². The van der Waals surface area contributed by atoms with E-state index in [0.717, 1.165) is 106 Å². The summed E-state index contributed by atoms with van der Waals surface area (Å²) in [5, 5.41) is 3.60. The molecule has 7 heteroatoms. The number of nitrogens with zero attached hydrogens (tertiary/aromatic N) is 3. The van der Waals surface area contributed by atoms with E-state index in [-0.39, 0.29) is 35.7 Å². The van der Waals surface area contributed by atoms with Gasteiger partial charge in [-0.25, -0.2) is 4.98 Å². The number of anilines is 1. The van der Waals surface area contributed by atoms with Crippen LogP contribution in [0.15, 0.2) is 134 Å². The highest BCUT2D eigenvalue weighted by atomic mass is 16.2. The number of rotatable bonds is 18. The summed E-state index contributed by atoms with van der Waals surface area (Å²) in [7, 11) is 0. The first-order chi connectivity index (χ1) is 34.6. The lowest BCUT2D eigenvalue weighted by Crippen LogP contribution is -2.40. The lowest BCUT2D eigenvalue weighted by Gasteiger charge is -2.30. The van der Waals surface area contributed by atoms with Gasteiger partial charge in [-0.2, -0.15) is 0 Å². The molecule has 1 aromatic heterocycles. The third-order valence-electron chi connectivity index (χ3n) is 14.1. The first-order valence-electron chi connectivity index (χ1n) is 27.5. The fraction of sp³-hybridized carbons (Fsp3) is 0.453. The van der Waals surface area contributed by atoms with Crippen molar-refractivity contribution in [3.63, 3.8) is 0 Å². The Morgan fingerprint density at radius 2 is 1.08 bits per heavy atom. The van der Waals surface area contributed by atoms with Crippen LogP contribution in [0.2, 0.25) is 0 Å². The molecule has 0 radical (unpaired) electrons. The smallest absolute Gasteiger partial charge is 0.230 e. The van der Waals surface area contributed by atoms with Crippen molar-refractivity contribution in [3.05, 3.63) is 156 Å². The molecule has 5 aromatic carbocycles. The number of carbonyl (C=O) groups excluding carboxylic acids is 2. The van der Waals surface area contributed by atoms with E-state index in [1.165, 1.54) is 64.2 Å². The summed E-state index contributed by atoms with van der Waals surface area (Å²) in [5.41, 5.74) is 11.4. The topological polar surface area (TPSA) is 81.3 Å². The number of imidazole rings is 1. The molecule has 2 aliphatic rings. The number of aromatic nitrogens is 2. The number of aromatic amines is 1. The predicted octanol–water partition coefficient (Wildman–Crippen LogP) is 17.4. The van der Waals surface area contributed by atoms with Gasteiger partial charge < -0.3 is 20.1 Å². The van der Waals surface area contributed by atoms with Gasteiger partial charge in [0.15, 0.2) is 0 Å². The molecule has 2 unspecified atom stereocenters. The molecule has 6 aromatic rings. The fourth-order valence-corrected chi connectivity index (χ4v) is 9.74. The monoisotopic (exact) mass is 958 g/mol. The van der Waals surface area contributed by atoms with Crippen molar-refractivity contribution in [3.8, 4) is 22.3 Å². The zero-order valence-electron chi connectivity index (χ0n) is 45.0. The molecule has 2 amide bonds. The Kier molecular flexibility index (Phi) is 23.2. The summed E-state index contributed by atoms with van der Waals surface area (Å²) >= 11 is 0. The molecular formula is C64H87N5O2. The molecule has 0 spiro atoms. The summed E-state index contributed by atoms with van der Waals surface area (Å²) in [6.45, 7) is 25.0. The maximum Gasteiger partial charge on any atom is 0.230 e. The van der Waals surface area contributed by atoms with E-state index in [2.05, 4.69) is 112 Å². The van der Waals surface area contributed by atoms with Crippen LogP contribution in [0.25, 0.3) is 33.3 Å². The molecule has 0 bridgehead atoms. The van der Waals surface area contributed by atoms with Gasteiger partial charge in [0.05, 0.1) is 35.0 Å². The summed E-state index contributed by atoms with van der Waals surface area (Å²) in [6, 6.07) is 41.4. The van der Waals surface area contributed by atoms with Gasteiger partial charge in [-0.15, -0.1) is 0 Å². The second kappa shape index (κ2) is 29.4. The highest BCUT2D eigenvalue weighted by molar-refractivity contribution is 5.86. The molecule has 4 atom stereocenters. The Bertz CT molecular complexity index is 2490. The number of nitrogens with one attached hydrogen (secondary N) is 2. The van der Waals surface area contributed by atoms with Gasteiger partial charge in [-0.05, 0) is 104 Å². The van der Waals surface area contributed by atoms with E-state index in [9.17, 15) is 9.59 Å². The van der Waals surface area contributed by atoms with Gasteiger partial charge in [-0.1, -0.05) is 215 Å². The molecule has 380 valence electrons. The first-order valence-corrected chi connectivity index (χ1v) is 27.5. The molecule has 2 aliphatic heterocycles. The Labute approximate surface area is 429 Å². The van der Waals surface area contributed by atoms with Gasteiger partial charge in [0.2, 0.25) is 11.8 Å². The van der Waals surface area contributed by atoms with E-state index in [4.69, 9.17) is 4.98 Å². The van der Waals surface area contributed by atoms with Crippen LogP contribution in [0.3, 0.4) is 0 Å². The van der Waals surface area contributed by atoms with Crippen LogP contribution in [0.5, 0.6) is 0 Å². The predicted molar refractivity (Wildman–Crippen MR) is 303 cm³/mol. The second-order valence-electron chi connectivity index (χ2n) is 19.4. The van der Waals surface area contributed by atoms with Crippen molar-refractivity contribution >= 4 is 28.5 Å². The summed E-state index contributed by atoms with van der Waals surface area (Å²) in [6.07, 6.45) is 17.8. The number of hydrogen-bond donors (Lipinski definition) is 2. The molecule has 3 heterocycles. The summed E-state index contributed by atoms with van der Waals surface area (Å²) < 4.78 is 0. The number of carbonyl (C=O) groups is 2. The van der Waals surface area contributed by atoms with Crippen LogP contribution in [0.1, 0.15) is 186 Å². The number of likely N-dealkylation sites (tertiary alicyclic amines) is 2. The number of aryl methyl sites for hydroxylation is 1. The Hall–Kier alpha value is -5.95. The normalized spacial score (nSPS) is 15.9. The lowest BCUT2D eigenvalue weighted by atomic mass is 9.98. The van der Waals surface area contributed by atoms with Crippen LogP contribution in [0.4, 0.5) is 5.69 Å². The van der Waals surface area contributed by atoms with Crippen LogP contribution in [0, 0.1) is 6.92 Å². The number of H-pyrrole nitrogens is 1. The quantitative estimate of drug-likeness (QED) is 0.0841. The van der Waals surface area contributed by atoms with Crippen molar-refractivity contribution < 1.29 is 9.59 Å². The largest absolute Gasteiger partial charge is 0.357 e. The summed E-state index contributed by atoms with van der Waals surface area (Å²) in [4.78, 5) is 39.8. The maximum atomic E-state index is 13.6. The van der Waals surface area contributed by atoms with Crippen molar-refractivity contribution in [1.29, 1.82) is 0 Å². The number of hydrogen-bond acceptors (Lipinski definition) is 4. The number of amides is 2. The number of fused-ring (bicyclic) bond motifs is 1. The molecule has 0 saturated carbocycles. The van der Waals surface area contributed by atoms with Crippen LogP contribution < -0.4 is 5.32 Å². The number of benzene rings is 5. The SMILES string of the molecule is C=C(Nc1cc(-c2ccc(-c3ccc4nc([C@@H]5CCCN5C(=O)[C@H](C)c5ccccc5)[nH]c4c3)cc2)ccc1C)C1CCCN1C(=O)C(C)c1ccccc1.CC.CCCCCCC.CCCCCCC. The molecule has 0 aliphatic carbocycles. The Balaban J connectivity index is 0.000000510. The van der Waals surface area contributed by atoms with Gasteiger partial charge in [0.25, 0.3) is 0 Å². The lowest BCUT2D eigenvalue weighted by molar-refractivity contribution is -0.134. The van der Waals surface area contributed by atoms with E-state index in [1.54, 1.807) is 0 Å². The van der Waals surface area contributed by atoms with Crippen molar-refractivity contribution in [2.75, 3.05) is 18.4 Å². The summed E-state index contributed by atoms with van der Waals surface area (Å²) in [5.74, 6) is 0.759. The fourth-order valence-electron chi connectivity index (χ4n) is 9.74. The van der Waals surface area contributed by atoms with E-state index in [0.29, 0.717) is 0 Å². The van der Waals surface area contributed by atoms with E-state index in [1.807, 2.05) is 98.2 Å². The van der Waals surface area contributed by atoms with Gasteiger partial charge in [0.1, 0.15) is 5.82 Å². The van der Waals surface area contributed by atoms with E-state index >= 15 is 0 Å². The van der Waals surface area contributed by atoms with Crippen LogP contribution >= 0.6 is 0 Å². The minimum Gasteiger partial charge on any atom is -0.357 e. The zero-order valence-corrected chi connectivity index (χ0v) is 45.0. The van der Waals surface area contributed by atoms with Crippen molar-refractivity contribution in [1.82, 2.24) is 19.8 Å². The molecule has 2 fully saturated rings. The molecule has 2 saturated heterocycles. The second-order valence-corrected chi connectivity index (χ2v) is 19.4. The Morgan fingerprint density at radius 3 is 1.62 bits per heavy atom. The van der Waals surface area contributed by atoms with Crippen molar-refractivity contribution in [2.45, 2.75) is 176 Å². The average Bonchev–Trinajstić information content (AvgIpc) is 4.21. The van der Waals surface area contributed by atoms with Crippen LogP contribution in [-0.4, -0.2) is 50.7 Å². The van der Waals surface area contributed by atoms with Crippen LogP contribution in [-0.2, 0) is 9.59 Å². The van der Waals surface area contributed by atoms with E-state index < -0.39 is 0 Å². The van der Waals surface area contributed by atoms with Crippen molar-refractivity contribution in [2.24, 2.45) is 0 Å². The highest BCUT2D eigenvalue weighted by Crippen LogP contribution is 2.36. The maximum absolute atomic E-state index is 13.6. The molecular weight excluding hydrogens is 871 g/mol. The zero-order chi connectivity index (χ0) is 51.1. The molecule has 71 heavy (non-hydrogen) atoms. The molecule has 7 nitrogen and oxygen atoms in total. The third kappa shape index (κ3) is 15.5. The Morgan fingerprint density at radius 1 is 0.620 bits per heavy atom.